The Morgan fingerprint density at radius 1 is 1.35 bits per heavy atom. The highest BCUT2D eigenvalue weighted by Gasteiger charge is 2.15. The van der Waals surface area contributed by atoms with E-state index in [2.05, 4.69) is 4.98 Å². The molecule has 2 aromatic rings. The first-order valence-electron chi connectivity index (χ1n) is 6.10. The number of halogens is 1. The second-order valence-electron chi connectivity index (χ2n) is 4.33. The molecule has 1 amide bonds. The van der Waals surface area contributed by atoms with Gasteiger partial charge in [-0.25, -0.2) is 0 Å². The Morgan fingerprint density at radius 3 is 2.80 bits per heavy atom. The van der Waals surface area contributed by atoms with Crippen LogP contribution in [0.5, 0.6) is 5.75 Å². The maximum Gasteiger partial charge on any atom is 0.272 e. The molecule has 0 saturated heterocycles. The van der Waals surface area contributed by atoms with Crippen molar-refractivity contribution in [3.8, 4) is 5.75 Å². The molecule has 0 atom stereocenters. The standard InChI is InChI=1S/C15H15ClN2O2/c1-18(15(19)13-5-3-4-8-17-13)10-11-9-12(16)6-7-14(11)20-2/h3-9H,10H2,1-2H3. The molecule has 0 bridgehead atoms. The first kappa shape index (κ1) is 14.3. The zero-order valence-electron chi connectivity index (χ0n) is 11.3. The quantitative estimate of drug-likeness (QED) is 0.869. The molecule has 0 fully saturated rings. The molecule has 104 valence electrons. The first-order chi connectivity index (χ1) is 9.61. The number of benzene rings is 1. The third-order valence-corrected chi connectivity index (χ3v) is 3.12. The van der Waals surface area contributed by atoms with Crippen molar-refractivity contribution < 1.29 is 9.53 Å². The molecule has 0 N–H and O–H groups in total. The molecule has 5 heteroatoms. The fraction of sp³-hybridized carbons (Fsp3) is 0.200. The van der Waals surface area contributed by atoms with E-state index in [0.29, 0.717) is 23.0 Å². The number of rotatable bonds is 4. The Balaban J connectivity index is 2.17. The number of carbonyl (C=O) groups is 1. The summed E-state index contributed by atoms with van der Waals surface area (Å²) in [7, 11) is 3.31. The number of amides is 1. The maximum absolute atomic E-state index is 12.2. The van der Waals surface area contributed by atoms with Crippen molar-refractivity contribution >= 4 is 17.5 Å². The third-order valence-electron chi connectivity index (χ3n) is 2.88. The molecule has 0 aliphatic heterocycles. The van der Waals surface area contributed by atoms with Crippen molar-refractivity contribution in [1.29, 1.82) is 0 Å². The lowest BCUT2D eigenvalue weighted by molar-refractivity contribution is 0.0778. The molecule has 1 aromatic heterocycles. The van der Waals surface area contributed by atoms with E-state index in [9.17, 15) is 4.79 Å². The molecule has 1 heterocycles. The van der Waals surface area contributed by atoms with Crippen LogP contribution in [0.25, 0.3) is 0 Å². The fourth-order valence-corrected chi connectivity index (χ4v) is 2.08. The van der Waals surface area contributed by atoms with Crippen LogP contribution >= 0.6 is 11.6 Å². The minimum absolute atomic E-state index is 0.146. The molecular formula is C15H15ClN2O2. The number of hydrogen-bond acceptors (Lipinski definition) is 3. The molecule has 0 unspecified atom stereocenters. The summed E-state index contributed by atoms with van der Waals surface area (Å²) in [5.41, 5.74) is 1.27. The number of hydrogen-bond donors (Lipinski definition) is 0. The van der Waals surface area contributed by atoms with Crippen LogP contribution in [-0.2, 0) is 6.54 Å². The normalized spacial score (nSPS) is 10.2. The highest BCUT2D eigenvalue weighted by molar-refractivity contribution is 6.30. The van der Waals surface area contributed by atoms with Gasteiger partial charge < -0.3 is 9.64 Å². The van der Waals surface area contributed by atoms with Crippen LogP contribution in [0.15, 0.2) is 42.6 Å². The molecular weight excluding hydrogens is 276 g/mol. The lowest BCUT2D eigenvalue weighted by Crippen LogP contribution is -2.27. The van der Waals surface area contributed by atoms with Crippen molar-refractivity contribution in [2.45, 2.75) is 6.54 Å². The average Bonchev–Trinajstić information content (AvgIpc) is 2.47. The highest BCUT2D eigenvalue weighted by Crippen LogP contribution is 2.24. The van der Waals surface area contributed by atoms with E-state index < -0.39 is 0 Å². The summed E-state index contributed by atoms with van der Waals surface area (Å²) in [6.45, 7) is 0.402. The fourth-order valence-electron chi connectivity index (χ4n) is 1.88. The number of aromatic nitrogens is 1. The summed E-state index contributed by atoms with van der Waals surface area (Å²) >= 11 is 5.98. The van der Waals surface area contributed by atoms with E-state index in [1.165, 1.54) is 0 Å². The van der Waals surface area contributed by atoms with E-state index in [-0.39, 0.29) is 5.91 Å². The highest BCUT2D eigenvalue weighted by atomic mass is 35.5. The topological polar surface area (TPSA) is 42.4 Å². The minimum Gasteiger partial charge on any atom is -0.496 e. The average molecular weight is 291 g/mol. The van der Waals surface area contributed by atoms with Gasteiger partial charge in [0.15, 0.2) is 0 Å². The molecule has 0 saturated carbocycles. The Hall–Kier alpha value is -2.07. The third kappa shape index (κ3) is 3.27. The first-order valence-corrected chi connectivity index (χ1v) is 6.48. The molecule has 0 spiro atoms. The predicted octanol–water partition coefficient (Wildman–Crippen LogP) is 3.02. The second kappa shape index (κ2) is 6.39. The van der Waals surface area contributed by atoms with Crippen molar-refractivity contribution in [2.75, 3.05) is 14.2 Å². The molecule has 20 heavy (non-hydrogen) atoms. The van der Waals surface area contributed by atoms with Gasteiger partial charge in [-0.05, 0) is 30.3 Å². The van der Waals surface area contributed by atoms with Crippen LogP contribution in [0.2, 0.25) is 5.02 Å². The van der Waals surface area contributed by atoms with Crippen LogP contribution in [0, 0.1) is 0 Å². The van der Waals surface area contributed by atoms with Crippen molar-refractivity contribution in [1.82, 2.24) is 9.88 Å². The maximum atomic E-state index is 12.2. The van der Waals surface area contributed by atoms with Crippen LogP contribution < -0.4 is 4.74 Å². The predicted molar refractivity (Wildman–Crippen MR) is 78.0 cm³/mol. The van der Waals surface area contributed by atoms with Gasteiger partial charge in [-0.15, -0.1) is 0 Å². The number of nitrogens with zero attached hydrogens (tertiary/aromatic N) is 2. The lowest BCUT2D eigenvalue weighted by atomic mass is 10.2. The summed E-state index contributed by atoms with van der Waals surface area (Å²) in [5, 5.41) is 0.611. The smallest absolute Gasteiger partial charge is 0.272 e. The van der Waals surface area contributed by atoms with Gasteiger partial charge in [0.05, 0.1) is 7.11 Å². The van der Waals surface area contributed by atoms with Crippen LogP contribution in [0.3, 0.4) is 0 Å². The Bertz CT molecular complexity index is 602. The molecule has 0 aliphatic rings. The van der Waals surface area contributed by atoms with Gasteiger partial charge >= 0.3 is 0 Å². The zero-order valence-corrected chi connectivity index (χ0v) is 12.1. The largest absolute Gasteiger partial charge is 0.496 e. The summed E-state index contributed by atoms with van der Waals surface area (Å²) in [5.74, 6) is 0.558. The Labute approximate surface area is 123 Å². The van der Waals surface area contributed by atoms with Gasteiger partial charge in [0.25, 0.3) is 5.91 Å². The monoisotopic (exact) mass is 290 g/mol. The van der Waals surface area contributed by atoms with Gasteiger partial charge in [0.2, 0.25) is 0 Å². The van der Waals surface area contributed by atoms with Crippen molar-refractivity contribution in [3.05, 3.63) is 58.9 Å². The number of methoxy groups -OCH3 is 1. The molecule has 2 rings (SSSR count). The Kier molecular flexibility index (Phi) is 4.58. The van der Waals surface area contributed by atoms with Gasteiger partial charge in [0, 0.05) is 30.4 Å². The number of ether oxygens (including phenoxy) is 1. The van der Waals surface area contributed by atoms with Crippen LogP contribution in [0.4, 0.5) is 0 Å². The van der Waals surface area contributed by atoms with E-state index in [4.69, 9.17) is 16.3 Å². The van der Waals surface area contributed by atoms with E-state index in [0.717, 1.165) is 5.56 Å². The SMILES string of the molecule is COc1ccc(Cl)cc1CN(C)C(=O)c1ccccn1. The zero-order chi connectivity index (χ0) is 14.5. The molecule has 4 nitrogen and oxygen atoms in total. The van der Waals surface area contributed by atoms with Crippen molar-refractivity contribution in [2.24, 2.45) is 0 Å². The lowest BCUT2D eigenvalue weighted by Gasteiger charge is -2.18. The number of carbonyl (C=O) groups excluding carboxylic acids is 1. The van der Waals surface area contributed by atoms with E-state index in [1.807, 2.05) is 0 Å². The summed E-state index contributed by atoms with van der Waals surface area (Å²) in [4.78, 5) is 17.9. The summed E-state index contributed by atoms with van der Waals surface area (Å²) in [6, 6.07) is 10.6. The molecule has 1 aromatic carbocycles. The summed E-state index contributed by atoms with van der Waals surface area (Å²) < 4.78 is 5.27. The summed E-state index contributed by atoms with van der Waals surface area (Å²) in [6.07, 6.45) is 1.60. The van der Waals surface area contributed by atoms with Gasteiger partial charge in [-0.2, -0.15) is 0 Å². The minimum atomic E-state index is -0.146. The van der Waals surface area contributed by atoms with E-state index in [1.54, 1.807) is 61.7 Å². The van der Waals surface area contributed by atoms with Gasteiger partial charge in [0.1, 0.15) is 11.4 Å². The van der Waals surface area contributed by atoms with Gasteiger partial charge in [-0.1, -0.05) is 17.7 Å². The van der Waals surface area contributed by atoms with Crippen LogP contribution in [-0.4, -0.2) is 29.9 Å². The van der Waals surface area contributed by atoms with Crippen LogP contribution in [0.1, 0.15) is 16.1 Å². The Morgan fingerprint density at radius 2 is 2.15 bits per heavy atom. The molecule has 0 aliphatic carbocycles. The molecule has 0 radical (unpaired) electrons. The van der Waals surface area contributed by atoms with Crippen molar-refractivity contribution in [3.63, 3.8) is 0 Å². The second-order valence-corrected chi connectivity index (χ2v) is 4.77. The van der Waals surface area contributed by atoms with E-state index >= 15 is 0 Å². The van der Waals surface area contributed by atoms with Gasteiger partial charge in [-0.3, -0.25) is 9.78 Å². The number of pyridine rings is 1.